The van der Waals surface area contributed by atoms with Gasteiger partial charge in [-0.25, -0.2) is 4.79 Å². The van der Waals surface area contributed by atoms with Gasteiger partial charge >= 0.3 is 12.1 Å². The summed E-state index contributed by atoms with van der Waals surface area (Å²) >= 11 is 0. The van der Waals surface area contributed by atoms with Crippen molar-refractivity contribution < 1.29 is 29.0 Å². The van der Waals surface area contributed by atoms with Gasteiger partial charge < -0.3 is 25.2 Å². The third-order valence-corrected chi connectivity index (χ3v) is 8.24. The molecule has 0 radical (unpaired) electrons. The Hall–Kier alpha value is -4.17. The minimum atomic E-state index is -1.03. The molecule has 0 spiro atoms. The molecule has 0 aromatic heterocycles. The number of nitrogens with one attached hydrogen (secondary N) is 2. The molecule has 214 valence electrons. The lowest BCUT2D eigenvalue weighted by atomic mass is 9.96. The van der Waals surface area contributed by atoms with Crippen LogP contribution in [0.2, 0.25) is 0 Å². The van der Waals surface area contributed by atoms with Crippen molar-refractivity contribution in [1.29, 1.82) is 0 Å². The first kappa shape index (κ1) is 28.4. The quantitative estimate of drug-likeness (QED) is 0.302. The van der Waals surface area contributed by atoms with Gasteiger partial charge in [-0.15, -0.1) is 0 Å². The average molecular weight is 557 g/mol. The summed E-state index contributed by atoms with van der Waals surface area (Å²) in [6, 6.07) is 24.7. The van der Waals surface area contributed by atoms with Crippen LogP contribution in [0.5, 0.6) is 0 Å². The first-order valence-electron chi connectivity index (χ1n) is 14.2. The highest BCUT2D eigenvalue weighted by Crippen LogP contribution is 2.44. The van der Waals surface area contributed by atoms with Gasteiger partial charge in [0.05, 0.1) is 18.6 Å². The van der Waals surface area contributed by atoms with E-state index in [4.69, 9.17) is 9.47 Å². The molecule has 2 amide bonds. The zero-order valence-corrected chi connectivity index (χ0v) is 23.1. The molecule has 2 aliphatic carbocycles. The maximum Gasteiger partial charge on any atom is 0.407 e. The highest BCUT2D eigenvalue weighted by Gasteiger charge is 2.35. The lowest BCUT2D eigenvalue weighted by Crippen LogP contribution is -2.54. The molecule has 4 atom stereocenters. The van der Waals surface area contributed by atoms with E-state index in [-0.39, 0.29) is 31.6 Å². The van der Waals surface area contributed by atoms with Crippen LogP contribution in [0, 0.1) is 11.8 Å². The van der Waals surface area contributed by atoms with Gasteiger partial charge in [0.25, 0.3) is 0 Å². The smallest absolute Gasteiger partial charge is 0.407 e. The van der Waals surface area contributed by atoms with Crippen LogP contribution in [0.4, 0.5) is 4.79 Å². The fourth-order valence-corrected chi connectivity index (χ4v) is 6.01. The molecule has 0 bridgehead atoms. The lowest BCUT2D eigenvalue weighted by molar-refractivity contribution is -0.143. The molecule has 8 heteroatoms. The summed E-state index contributed by atoms with van der Waals surface area (Å²) in [5.74, 6) is -2.00. The standard InChI is InChI=1S/C33H36N2O6/c1-21(40-19-22-10-3-2-4-11-22)30(31(36)34-18-23-12-9-17-24(23)32(37)38)35-33(39)41-20-29-27-15-7-5-13-25(27)26-14-6-8-16-28(26)29/h2-8,10-11,13-16,21,23-24,29-30H,9,12,17-20H2,1H3,(H,34,36)(H,35,39)(H,37,38)/t21-,23-,24-,30+/m0/s1. The van der Waals surface area contributed by atoms with Gasteiger partial charge in [0, 0.05) is 12.5 Å². The summed E-state index contributed by atoms with van der Waals surface area (Å²) in [6.45, 7) is 2.34. The maximum absolute atomic E-state index is 13.3. The topological polar surface area (TPSA) is 114 Å². The van der Waals surface area contributed by atoms with Crippen LogP contribution >= 0.6 is 0 Å². The summed E-state index contributed by atoms with van der Waals surface area (Å²) in [7, 11) is 0. The van der Waals surface area contributed by atoms with Gasteiger partial charge in [-0.1, -0.05) is 85.3 Å². The third kappa shape index (κ3) is 6.60. The molecule has 41 heavy (non-hydrogen) atoms. The van der Waals surface area contributed by atoms with Crippen LogP contribution in [0.25, 0.3) is 11.1 Å². The van der Waals surface area contributed by atoms with Crippen molar-refractivity contribution in [1.82, 2.24) is 10.6 Å². The Morgan fingerprint density at radius 1 is 0.902 bits per heavy atom. The highest BCUT2D eigenvalue weighted by atomic mass is 16.5. The van der Waals surface area contributed by atoms with Crippen LogP contribution in [-0.4, -0.2) is 48.4 Å². The predicted molar refractivity (Wildman–Crippen MR) is 154 cm³/mol. The second-order valence-electron chi connectivity index (χ2n) is 10.8. The summed E-state index contributed by atoms with van der Waals surface area (Å²) in [5, 5.41) is 15.1. The van der Waals surface area contributed by atoms with E-state index >= 15 is 0 Å². The number of carboxylic acid groups (broad SMARTS) is 1. The second kappa shape index (κ2) is 13.0. The van der Waals surface area contributed by atoms with E-state index in [0.717, 1.165) is 40.7 Å². The number of alkyl carbamates (subject to hydrolysis) is 1. The number of aliphatic carboxylic acids is 1. The molecule has 0 saturated heterocycles. The number of hydrogen-bond acceptors (Lipinski definition) is 5. The molecule has 1 saturated carbocycles. The zero-order valence-electron chi connectivity index (χ0n) is 23.1. The fourth-order valence-electron chi connectivity index (χ4n) is 6.01. The van der Waals surface area contributed by atoms with E-state index in [1.807, 2.05) is 66.7 Å². The largest absolute Gasteiger partial charge is 0.481 e. The lowest BCUT2D eigenvalue weighted by Gasteiger charge is -2.26. The Balaban J connectivity index is 1.24. The van der Waals surface area contributed by atoms with Gasteiger partial charge in [-0.2, -0.15) is 0 Å². The summed E-state index contributed by atoms with van der Waals surface area (Å²) in [5.41, 5.74) is 5.39. The molecule has 3 aromatic rings. The minimum Gasteiger partial charge on any atom is -0.481 e. The molecule has 3 aromatic carbocycles. The number of benzene rings is 3. The number of rotatable bonds is 11. The Bertz CT molecular complexity index is 1330. The number of hydrogen-bond donors (Lipinski definition) is 3. The molecule has 0 unspecified atom stereocenters. The van der Waals surface area contributed by atoms with Crippen LogP contribution < -0.4 is 10.6 Å². The fraction of sp³-hybridized carbons (Fsp3) is 0.364. The molecular weight excluding hydrogens is 520 g/mol. The summed E-state index contributed by atoms with van der Waals surface area (Å²) in [4.78, 5) is 38.0. The van der Waals surface area contributed by atoms with Crippen molar-refractivity contribution in [3.63, 3.8) is 0 Å². The van der Waals surface area contributed by atoms with Crippen molar-refractivity contribution >= 4 is 18.0 Å². The van der Waals surface area contributed by atoms with Crippen LogP contribution in [-0.2, 0) is 25.7 Å². The molecule has 3 N–H and O–H groups in total. The van der Waals surface area contributed by atoms with E-state index < -0.39 is 36.0 Å². The SMILES string of the molecule is C[C@H](OCc1ccccc1)[C@@H](NC(=O)OCC1c2ccccc2-c2ccccc21)C(=O)NC[C@@H]1CCC[C@@H]1C(=O)O. The molecule has 0 heterocycles. The van der Waals surface area contributed by atoms with Crippen molar-refractivity contribution in [2.24, 2.45) is 11.8 Å². The average Bonchev–Trinajstić information content (AvgIpc) is 3.60. The van der Waals surface area contributed by atoms with E-state index in [1.165, 1.54) is 0 Å². The van der Waals surface area contributed by atoms with E-state index in [2.05, 4.69) is 22.8 Å². The number of ether oxygens (including phenoxy) is 2. The number of carbonyl (C=O) groups is 3. The number of carbonyl (C=O) groups excluding carboxylic acids is 2. The van der Waals surface area contributed by atoms with Crippen LogP contribution in [0.3, 0.4) is 0 Å². The Morgan fingerprint density at radius 3 is 2.20 bits per heavy atom. The third-order valence-electron chi connectivity index (χ3n) is 8.24. The van der Waals surface area contributed by atoms with Gasteiger partial charge in [0.15, 0.2) is 0 Å². The van der Waals surface area contributed by atoms with Crippen LogP contribution in [0.15, 0.2) is 78.9 Å². The monoisotopic (exact) mass is 556 g/mol. The van der Waals surface area contributed by atoms with Crippen molar-refractivity contribution in [2.75, 3.05) is 13.2 Å². The molecular formula is C33H36N2O6. The summed E-state index contributed by atoms with van der Waals surface area (Å²) in [6.07, 6.45) is 0.770. The second-order valence-corrected chi connectivity index (χ2v) is 10.8. The van der Waals surface area contributed by atoms with E-state index in [1.54, 1.807) is 6.92 Å². The van der Waals surface area contributed by atoms with Crippen LogP contribution in [0.1, 0.15) is 48.8 Å². The molecule has 2 aliphatic rings. The van der Waals surface area contributed by atoms with E-state index in [9.17, 15) is 19.5 Å². The summed E-state index contributed by atoms with van der Waals surface area (Å²) < 4.78 is 11.7. The van der Waals surface area contributed by atoms with Crippen molar-refractivity contribution in [2.45, 2.75) is 50.9 Å². The minimum absolute atomic E-state index is 0.109. The van der Waals surface area contributed by atoms with Gasteiger partial charge in [0.1, 0.15) is 12.6 Å². The first-order valence-corrected chi connectivity index (χ1v) is 14.2. The number of amides is 2. The van der Waals surface area contributed by atoms with Gasteiger partial charge in [-0.3, -0.25) is 9.59 Å². The Labute approximate surface area is 240 Å². The normalized spacial score (nSPS) is 19.0. The number of carboxylic acids is 1. The van der Waals surface area contributed by atoms with Gasteiger partial charge in [0.2, 0.25) is 5.91 Å². The highest BCUT2D eigenvalue weighted by molar-refractivity contribution is 5.86. The number of fused-ring (bicyclic) bond motifs is 3. The van der Waals surface area contributed by atoms with Gasteiger partial charge in [-0.05, 0) is 53.5 Å². The van der Waals surface area contributed by atoms with Crippen molar-refractivity contribution in [3.8, 4) is 11.1 Å². The predicted octanol–water partition coefficient (Wildman–Crippen LogP) is 5.12. The van der Waals surface area contributed by atoms with Crippen molar-refractivity contribution in [3.05, 3.63) is 95.6 Å². The maximum atomic E-state index is 13.3. The zero-order chi connectivity index (χ0) is 28.8. The Kier molecular flexibility index (Phi) is 8.99. The Morgan fingerprint density at radius 2 is 1.54 bits per heavy atom. The molecule has 5 rings (SSSR count). The molecule has 0 aliphatic heterocycles. The van der Waals surface area contributed by atoms with E-state index in [0.29, 0.717) is 6.42 Å². The molecule has 8 nitrogen and oxygen atoms in total. The molecule has 1 fully saturated rings. The first-order chi connectivity index (χ1) is 19.9.